The van der Waals surface area contributed by atoms with Crippen LogP contribution in [-0.2, 0) is 9.53 Å². The molecule has 0 radical (unpaired) electrons. The highest BCUT2D eigenvalue weighted by Gasteiger charge is 2.29. The van der Waals surface area contributed by atoms with E-state index in [2.05, 4.69) is 14.7 Å². The van der Waals surface area contributed by atoms with Gasteiger partial charge in [-0.25, -0.2) is 4.98 Å². The zero-order valence-corrected chi connectivity index (χ0v) is 9.45. The number of carbonyl (C=O) groups excluding carboxylic acids is 1. The third-order valence-electron chi connectivity index (χ3n) is 1.71. The van der Waals surface area contributed by atoms with Crippen molar-refractivity contribution in [2.75, 3.05) is 12.9 Å². The summed E-state index contributed by atoms with van der Waals surface area (Å²) < 4.78 is 4.59. The van der Waals surface area contributed by atoms with E-state index in [1.807, 2.05) is 0 Å². The lowest BCUT2D eigenvalue weighted by Gasteiger charge is -2.20. The monoisotopic (exact) mass is 227 g/mol. The standard InChI is InChI=1S/C9H13N3O2S/c1-9(10,8(13)14-2)6-15-7-5-11-3-4-12-7/h3-5H,6,10H2,1-2H3. The van der Waals surface area contributed by atoms with Crippen LogP contribution in [0.5, 0.6) is 0 Å². The predicted octanol–water partition coefficient (Wildman–Crippen LogP) is 0.459. The fourth-order valence-electron chi connectivity index (χ4n) is 0.876. The van der Waals surface area contributed by atoms with Crippen molar-refractivity contribution in [3.63, 3.8) is 0 Å². The van der Waals surface area contributed by atoms with Crippen LogP contribution in [0.2, 0.25) is 0 Å². The van der Waals surface area contributed by atoms with Gasteiger partial charge in [-0.2, -0.15) is 0 Å². The van der Waals surface area contributed by atoms with Gasteiger partial charge in [0.05, 0.1) is 13.3 Å². The Labute approximate surface area is 92.4 Å². The molecule has 82 valence electrons. The first kappa shape index (κ1) is 11.9. The summed E-state index contributed by atoms with van der Waals surface area (Å²) in [6.45, 7) is 1.63. The number of rotatable bonds is 4. The highest BCUT2D eigenvalue weighted by atomic mass is 32.2. The van der Waals surface area contributed by atoms with Gasteiger partial charge in [-0.15, -0.1) is 11.8 Å². The number of thioether (sulfide) groups is 1. The minimum absolute atomic E-state index is 0.401. The van der Waals surface area contributed by atoms with E-state index in [1.54, 1.807) is 25.5 Å². The number of nitrogens with two attached hydrogens (primary N) is 1. The lowest BCUT2D eigenvalue weighted by atomic mass is 10.1. The fraction of sp³-hybridized carbons (Fsp3) is 0.444. The number of methoxy groups -OCH3 is 1. The molecule has 1 aromatic rings. The molecule has 0 amide bonds. The van der Waals surface area contributed by atoms with Crippen molar-refractivity contribution in [1.82, 2.24) is 9.97 Å². The van der Waals surface area contributed by atoms with Crippen LogP contribution in [0.3, 0.4) is 0 Å². The molecule has 1 heterocycles. The second kappa shape index (κ2) is 5.09. The van der Waals surface area contributed by atoms with E-state index in [4.69, 9.17) is 5.73 Å². The number of esters is 1. The van der Waals surface area contributed by atoms with Gasteiger partial charge in [0.15, 0.2) is 0 Å². The first-order valence-corrected chi connectivity index (χ1v) is 5.31. The van der Waals surface area contributed by atoms with Crippen molar-refractivity contribution in [1.29, 1.82) is 0 Å². The quantitative estimate of drug-likeness (QED) is 0.594. The number of aromatic nitrogens is 2. The van der Waals surface area contributed by atoms with Crippen molar-refractivity contribution in [2.45, 2.75) is 17.5 Å². The van der Waals surface area contributed by atoms with Gasteiger partial charge in [-0.3, -0.25) is 9.78 Å². The van der Waals surface area contributed by atoms with Gasteiger partial charge in [0.2, 0.25) is 0 Å². The Bertz CT molecular complexity index is 329. The lowest BCUT2D eigenvalue weighted by Crippen LogP contribution is -2.48. The maximum atomic E-state index is 11.3. The van der Waals surface area contributed by atoms with Crippen LogP contribution < -0.4 is 5.73 Å². The minimum atomic E-state index is -1.00. The average Bonchev–Trinajstić information content (AvgIpc) is 2.27. The molecule has 1 atom stereocenters. The minimum Gasteiger partial charge on any atom is -0.468 e. The van der Waals surface area contributed by atoms with Crippen molar-refractivity contribution in [3.8, 4) is 0 Å². The SMILES string of the molecule is COC(=O)C(C)(N)CSc1cnccn1. The first-order valence-electron chi connectivity index (χ1n) is 4.32. The molecular weight excluding hydrogens is 214 g/mol. The first-order chi connectivity index (χ1) is 7.06. The highest BCUT2D eigenvalue weighted by Crippen LogP contribution is 2.18. The van der Waals surface area contributed by atoms with Crippen molar-refractivity contribution in [3.05, 3.63) is 18.6 Å². The Kier molecular flexibility index (Phi) is 4.05. The van der Waals surface area contributed by atoms with E-state index >= 15 is 0 Å². The molecule has 2 N–H and O–H groups in total. The summed E-state index contributed by atoms with van der Waals surface area (Å²) in [7, 11) is 1.32. The molecule has 0 aromatic carbocycles. The van der Waals surface area contributed by atoms with Crippen LogP contribution >= 0.6 is 11.8 Å². The fourth-order valence-corrected chi connectivity index (χ4v) is 1.71. The summed E-state index contributed by atoms with van der Waals surface area (Å²) in [5.74, 6) is -0.0304. The van der Waals surface area contributed by atoms with E-state index in [1.165, 1.54) is 18.9 Å². The number of ether oxygens (including phenoxy) is 1. The van der Waals surface area contributed by atoms with Gasteiger partial charge in [0, 0.05) is 18.1 Å². The summed E-state index contributed by atoms with van der Waals surface area (Å²) in [4.78, 5) is 19.2. The van der Waals surface area contributed by atoms with Gasteiger partial charge in [-0.05, 0) is 6.92 Å². The van der Waals surface area contributed by atoms with E-state index in [0.717, 1.165) is 5.03 Å². The zero-order chi connectivity index (χ0) is 11.3. The lowest BCUT2D eigenvalue weighted by molar-refractivity contribution is -0.145. The molecule has 0 bridgehead atoms. The maximum Gasteiger partial charge on any atom is 0.326 e. The van der Waals surface area contributed by atoms with Gasteiger partial charge < -0.3 is 10.5 Å². The summed E-state index contributed by atoms with van der Waals surface area (Å²) in [6.07, 6.45) is 4.80. The molecule has 1 aromatic heterocycles. The number of nitrogens with zero attached hydrogens (tertiary/aromatic N) is 2. The van der Waals surface area contributed by atoms with Crippen LogP contribution in [0.25, 0.3) is 0 Å². The summed E-state index contributed by atoms with van der Waals surface area (Å²) >= 11 is 1.37. The Balaban J connectivity index is 2.53. The molecule has 5 nitrogen and oxygen atoms in total. The molecule has 15 heavy (non-hydrogen) atoms. The smallest absolute Gasteiger partial charge is 0.326 e. The van der Waals surface area contributed by atoms with Gasteiger partial charge in [0.25, 0.3) is 0 Å². The van der Waals surface area contributed by atoms with Crippen molar-refractivity contribution >= 4 is 17.7 Å². The van der Waals surface area contributed by atoms with Crippen LogP contribution in [0.1, 0.15) is 6.92 Å². The molecule has 6 heteroatoms. The van der Waals surface area contributed by atoms with Crippen LogP contribution in [-0.4, -0.2) is 34.3 Å². The molecule has 0 saturated carbocycles. The molecule has 0 saturated heterocycles. The molecule has 0 aliphatic heterocycles. The van der Waals surface area contributed by atoms with Gasteiger partial charge >= 0.3 is 5.97 Å². The summed E-state index contributed by atoms with van der Waals surface area (Å²) in [5.41, 5.74) is 4.77. The van der Waals surface area contributed by atoms with Crippen LogP contribution in [0, 0.1) is 0 Å². The van der Waals surface area contributed by atoms with Gasteiger partial charge in [0.1, 0.15) is 10.6 Å². The van der Waals surface area contributed by atoms with E-state index < -0.39 is 11.5 Å². The number of hydrogen-bond acceptors (Lipinski definition) is 6. The molecule has 0 aliphatic carbocycles. The topological polar surface area (TPSA) is 78.1 Å². The third-order valence-corrected chi connectivity index (χ3v) is 2.96. The summed E-state index contributed by atoms with van der Waals surface area (Å²) in [6, 6.07) is 0. The Morgan fingerprint density at radius 3 is 2.93 bits per heavy atom. The second-order valence-electron chi connectivity index (χ2n) is 3.24. The Morgan fingerprint density at radius 1 is 1.67 bits per heavy atom. The summed E-state index contributed by atoms with van der Waals surface area (Å²) in [5, 5.41) is 0.734. The normalized spacial score (nSPS) is 14.3. The molecule has 0 fully saturated rings. The molecular formula is C9H13N3O2S. The van der Waals surface area contributed by atoms with E-state index in [-0.39, 0.29) is 0 Å². The largest absolute Gasteiger partial charge is 0.468 e. The highest BCUT2D eigenvalue weighted by molar-refractivity contribution is 7.99. The second-order valence-corrected chi connectivity index (χ2v) is 4.24. The van der Waals surface area contributed by atoms with E-state index in [9.17, 15) is 4.79 Å². The molecule has 1 rings (SSSR count). The predicted molar refractivity (Wildman–Crippen MR) is 57.4 cm³/mol. The molecule has 0 aliphatic rings. The zero-order valence-electron chi connectivity index (χ0n) is 8.64. The molecule has 1 unspecified atom stereocenters. The number of carbonyl (C=O) groups is 1. The average molecular weight is 227 g/mol. The van der Waals surface area contributed by atoms with E-state index in [0.29, 0.717) is 5.75 Å². The van der Waals surface area contributed by atoms with Gasteiger partial charge in [-0.1, -0.05) is 0 Å². The maximum absolute atomic E-state index is 11.3. The Hall–Kier alpha value is -1.14. The van der Waals surface area contributed by atoms with Crippen LogP contribution in [0.4, 0.5) is 0 Å². The Morgan fingerprint density at radius 2 is 2.40 bits per heavy atom. The molecule has 0 spiro atoms. The number of hydrogen-bond donors (Lipinski definition) is 1. The van der Waals surface area contributed by atoms with Crippen LogP contribution in [0.15, 0.2) is 23.6 Å². The van der Waals surface area contributed by atoms with Crippen molar-refractivity contribution < 1.29 is 9.53 Å². The van der Waals surface area contributed by atoms with Crippen molar-refractivity contribution in [2.24, 2.45) is 5.73 Å². The third kappa shape index (κ3) is 3.49.